The van der Waals surface area contributed by atoms with E-state index in [2.05, 4.69) is 23.3 Å². The smallest absolute Gasteiger partial charge is 0.185 e. The maximum atomic E-state index is 12.8. The lowest BCUT2D eigenvalue weighted by atomic mass is 10.0. The van der Waals surface area contributed by atoms with Gasteiger partial charge >= 0.3 is 0 Å². The molecule has 0 unspecified atom stereocenters. The summed E-state index contributed by atoms with van der Waals surface area (Å²) >= 11 is 6.18. The average molecular weight is 435 g/mol. The van der Waals surface area contributed by atoms with Crippen LogP contribution >= 0.6 is 11.6 Å². The van der Waals surface area contributed by atoms with E-state index in [-0.39, 0.29) is 5.78 Å². The second-order valence-corrected chi connectivity index (χ2v) is 8.36. The van der Waals surface area contributed by atoms with Crippen LogP contribution in [0.25, 0.3) is 17.0 Å². The molecule has 0 saturated heterocycles. The van der Waals surface area contributed by atoms with Crippen LogP contribution < -0.4 is 5.32 Å². The average Bonchev–Trinajstić information content (AvgIpc) is 2.77. The maximum absolute atomic E-state index is 12.8. The Labute approximate surface area is 190 Å². The summed E-state index contributed by atoms with van der Waals surface area (Å²) in [6.45, 7) is 5.17. The zero-order chi connectivity index (χ0) is 22.1. The first-order chi connectivity index (χ1) is 15.1. The number of nitrogens with zero attached hydrogens (tertiary/aromatic N) is 1. The van der Waals surface area contributed by atoms with E-state index in [0.29, 0.717) is 10.6 Å². The Morgan fingerprint density at radius 2 is 1.81 bits per heavy atom. The molecular formula is C27H31ClN2O. The number of aryl methyl sites for hydroxylation is 1. The molecule has 0 saturated carbocycles. The summed E-state index contributed by atoms with van der Waals surface area (Å²) in [5.41, 5.74) is 4.38. The number of nitrogens with one attached hydrogen (secondary N) is 1. The van der Waals surface area contributed by atoms with E-state index < -0.39 is 0 Å². The van der Waals surface area contributed by atoms with Gasteiger partial charge < -0.3 is 5.32 Å². The number of fused-ring (bicyclic) bond motifs is 1. The highest BCUT2D eigenvalue weighted by molar-refractivity contribution is 6.32. The number of benzene rings is 2. The molecule has 1 aromatic heterocycles. The minimum atomic E-state index is -0.0516. The van der Waals surface area contributed by atoms with Crippen molar-refractivity contribution in [1.29, 1.82) is 0 Å². The molecule has 3 aromatic rings. The fraction of sp³-hybridized carbons (Fsp3) is 0.333. The van der Waals surface area contributed by atoms with Gasteiger partial charge in [-0.05, 0) is 61.4 Å². The monoisotopic (exact) mass is 434 g/mol. The van der Waals surface area contributed by atoms with Gasteiger partial charge in [0.2, 0.25) is 0 Å². The molecule has 4 heteroatoms. The first-order valence-corrected chi connectivity index (χ1v) is 11.6. The van der Waals surface area contributed by atoms with Crippen LogP contribution in [-0.4, -0.2) is 17.3 Å². The molecule has 0 aliphatic carbocycles. The van der Waals surface area contributed by atoms with Crippen LogP contribution in [0, 0.1) is 6.92 Å². The highest BCUT2D eigenvalue weighted by Crippen LogP contribution is 2.25. The summed E-state index contributed by atoms with van der Waals surface area (Å²) in [5, 5.41) is 5.17. The number of ketones is 1. The Hall–Kier alpha value is -2.65. The van der Waals surface area contributed by atoms with E-state index in [9.17, 15) is 4.79 Å². The third kappa shape index (κ3) is 6.67. The zero-order valence-electron chi connectivity index (χ0n) is 18.5. The van der Waals surface area contributed by atoms with E-state index in [1.165, 1.54) is 32.1 Å². The van der Waals surface area contributed by atoms with Gasteiger partial charge in [-0.2, -0.15) is 0 Å². The molecule has 0 fully saturated rings. The Balaban J connectivity index is 1.72. The zero-order valence-corrected chi connectivity index (χ0v) is 19.2. The summed E-state index contributed by atoms with van der Waals surface area (Å²) in [6.07, 6.45) is 10.9. The summed E-state index contributed by atoms with van der Waals surface area (Å²) in [5.74, 6) is -0.0516. The number of halogens is 1. The lowest BCUT2D eigenvalue weighted by molar-refractivity contribution is 0.104. The third-order valence-electron chi connectivity index (χ3n) is 5.39. The molecule has 2 aromatic carbocycles. The van der Waals surface area contributed by atoms with Crippen LogP contribution in [0.3, 0.4) is 0 Å². The van der Waals surface area contributed by atoms with Crippen molar-refractivity contribution in [2.45, 2.75) is 52.4 Å². The molecule has 0 amide bonds. The largest absolute Gasteiger partial charge is 0.384 e. The molecule has 0 bridgehead atoms. The number of carbonyl (C=O) groups is 1. The highest BCUT2D eigenvalue weighted by Gasteiger charge is 2.09. The molecule has 0 spiro atoms. The molecule has 31 heavy (non-hydrogen) atoms. The number of anilines is 1. The molecule has 0 aliphatic rings. The van der Waals surface area contributed by atoms with Crippen molar-refractivity contribution >= 4 is 40.1 Å². The summed E-state index contributed by atoms with van der Waals surface area (Å²) in [4.78, 5) is 17.4. The van der Waals surface area contributed by atoms with Crippen LogP contribution in [0.1, 0.15) is 67.1 Å². The number of unbranched alkanes of at least 4 members (excludes halogenated alkanes) is 5. The number of pyridine rings is 1. The molecule has 1 heterocycles. The number of hydrogen-bond acceptors (Lipinski definition) is 3. The van der Waals surface area contributed by atoms with Crippen molar-refractivity contribution in [2.75, 3.05) is 11.9 Å². The molecule has 3 nitrogen and oxygen atoms in total. The van der Waals surface area contributed by atoms with Crippen LogP contribution in [0.15, 0.2) is 54.6 Å². The van der Waals surface area contributed by atoms with E-state index >= 15 is 0 Å². The second-order valence-electron chi connectivity index (χ2n) is 7.96. The third-order valence-corrected chi connectivity index (χ3v) is 5.73. The Bertz CT molecular complexity index is 1060. The van der Waals surface area contributed by atoms with E-state index in [1.807, 2.05) is 49.4 Å². The highest BCUT2D eigenvalue weighted by atomic mass is 35.5. The van der Waals surface area contributed by atoms with Gasteiger partial charge in [-0.15, -0.1) is 0 Å². The maximum Gasteiger partial charge on any atom is 0.185 e. The van der Waals surface area contributed by atoms with Gasteiger partial charge in [0.25, 0.3) is 0 Å². The minimum Gasteiger partial charge on any atom is -0.384 e. The van der Waals surface area contributed by atoms with Gasteiger partial charge in [-0.1, -0.05) is 68.8 Å². The molecule has 162 valence electrons. The topological polar surface area (TPSA) is 42.0 Å². The van der Waals surface area contributed by atoms with Crippen molar-refractivity contribution in [3.63, 3.8) is 0 Å². The Kier molecular flexibility index (Phi) is 8.66. The molecule has 0 radical (unpaired) electrons. The van der Waals surface area contributed by atoms with E-state index in [4.69, 9.17) is 11.6 Å². The van der Waals surface area contributed by atoms with Gasteiger partial charge in [0.05, 0.1) is 5.52 Å². The SMILES string of the molecule is CCCCCCCCNc1cc(C)nc2ccc(C(=O)C=Cc3ccccc3Cl)cc12. The first-order valence-electron chi connectivity index (χ1n) is 11.2. The van der Waals surface area contributed by atoms with Gasteiger partial charge in [0.1, 0.15) is 0 Å². The molecular weight excluding hydrogens is 404 g/mol. The van der Waals surface area contributed by atoms with E-state index in [0.717, 1.165) is 40.8 Å². The first kappa shape index (κ1) is 23.0. The quantitative estimate of drug-likeness (QED) is 0.189. The fourth-order valence-electron chi connectivity index (χ4n) is 3.66. The van der Waals surface area contributed by atoms with Crippen LogP contribution in [-0.2, 0) is 0 Å². The minimum absolute atomic E-state index is 0.0516. The number of allylic oxidation sites excluding steroid dienone is 1. The van der Waals surface area contributed by atoms with Gasteiger partial charge in [-0.3, -0.25) is 9.78 Å². The van der Waals surface area contributed by atoms with Crippen molar-refractivity contribution in [2.24, 2.45) is 0 Å². The molecule has 1 N–H and O–H groups in total. The van der Waals surface area contributed by atoms with Crippen LogP contribution in [0.2, 0.25) is 5.02 Å². The number of carbonyl (C=O) groups excluding carboxylic acids is 1. The standard InChI is InChI=1S/C27H31ClN2O/c1-3-4-5-6-7-10-17-29-26-18-20(2)30-25-15-13-22(19-23(25)26)27(31)16-14-21-11-8-9-12-24(21)28/h8-9,11-16,18-19H,3-7,10,17H2,1-2H3,(H,29,30). The van der Waals surface area contributed by atoms with Crippen molar-refractivity contribution in [1.82, 2.24) is 4.98 Å². The summed E-state index contributed by atoms with van der Waals surface area (Å²) in [6, 6.07) is 15.3. The van der Waals surface area contributed by atoms with Gasteiger partial charge in [0.15, 0.2) is 5.78 Å². The Morgan fingerprint density at radius 1 is 1.03 bits per heavy atom. The van der Waals surface area contributed by atoms with Gasteiger partial charge in [0, 0.05) is 33.9 Å². The number of rotatable bonds is 11. The van der Waals surface area contributed by atoms with E-state index in [1.54, 1.807) is 12.2 Å². The van der Waals surface area contributed by atoms with Crippen LogP contribution in [0.4, 0.5) is 5.69 Å². The normalized spacial score (nSPS) is 11.3. The molecule has 3 rings (SSSR count). The van der Waals surface area contributed by atoms with Gasteiger partial charge in [-0.25, -0.2) is 0 Å². The number of hydrogen-bond donors (Lipinski definition) is 1. The fourth-order valence-corrected chi connectivity index (χ4v) is 3.86. The van der Waals surface area contributed by atoms with Crippen molar-refractivity contribution in [3.05, 3.63) is 76.5 Å². The Morgan fingerprint density at radius 3 is 2.61 bits per heavy atom. The predicted octanol–water partition coefficient (Wildman–Crippen LogP) is 7.87. The van der Waals surface area contributed by atoms with Crippen LogP contribution in [0.5, 0.6) is 0 Å². The number of aromatic nitrogens is 1. The second kappa shape index (κ2) is 11.7. The summed E-state index contributed by atoms with van der Waals surface area (Å²) < 4.78 is 0. The van der Waals surface area contributed by atoms with Crippen molar-refractivity contribution in [3.8, 4) is 0 Å². The van der Waals surface area contributed by atoms with Crippen molar-refractivity contribution < 1.29 is 4.79 Å². The summed E-state index contributed by atoms with van der Waals surface area (Å²) in [7, 11) is 0. The lowest BCUT2D eigenvalue weighted by Gasteiger charge is -2.12. The predicted molar refractivity (Wildman–Crippen MR) is 133 cm³/mol. The molecule has 0 aliphatic heterocycles. The lowest BCUT2D eigenvalue weighted by Crippen LogP contribution is -2.04. The molecule has 0 atom stereocenters.